The van der Waals surface area contributed by atoms with Gasteiger partial charge in [-0.3, -0.25) is 0 Å². The third kappa shape index (κ3) is 5.44. The van der Waals surface area contributed by atoms with Gasteiger partial charge >= 0.3 is 11.9 Å². The average molecular weight is 288 g/mol. The summed E-state index contributed by atoms with van der Waals surface area (Å²) in [6.07, 6.45) is 2.88. The van der Waals surface area contributed by atoms with Crippen molar-refractivity contribution in [2.75, 3.05) is 0 Å². The van der Waals surface area contributed by atoms with Crippen LogP contribution in [0.4, 0.5) is 0 Å². The van der Waals surface area contributed by atoms with Gasteiger partial charge < -0.3 is 14.3 Å². The van der Waals surface area contributed by atoms with Crippen molar-refractivity contribution in [3.63, 3.8) is 0 Å². The second kappa shape index (κ2) is 7.79. The Hall–Kier alpha value is -2.69. The molecule has 0 saturated heterocycles. The third-order valence-corrected chi connectivity index (χ3v) is 2.53. The van der Waals surface area contributed by atoms with Gasteiger partial charge in [0.1, 0.15) is 5.78 Å². The molecule has 0 aliphatic carbocycles. The molecular weight excluding hydrogens is 272 g/mol. The molecule has 0 aliphatic heterocycles. The number of esters is 2. The van der Waals surface area contributed by atoms with Gasteiger partial charge in [0, 0.05) is 18.6 Å². The highest BCUT2D eigenvalue weighted by molar-refractivity contribution is 5.86. The third-order valence-electron chi connectivity index (χ3n) is 2.53. The van der Waals surface area contributed by atoms with E-state index >= 15 is 0 Å². The van der Waals surface area contributed by atoms with Crippen LogP contribution in [0.3, 0.4) is 0 Å². The lowest BCUT2D eigenvalue weighted by molar-refractivity contribution is -0.131. The van der Waals surface area contributed by atoms with Crippen LogP contribution in [0, 0.1) is 0 Å². The Labute approximate surface area is 122 Å². The Bertz CT molecular complexity index is 586. The fourth-order valence-electron chi connectivity index (χ4n) is 1.49. The molecule has 0 spiro atoms. The first-order chi connectivity index (χ1) is 9.96. The molecule has 1 aromatic rings. The van der Waals surface area contributed by atoms with Crippen LogP contribution in [0.5, 0.6) is 11.5 Å². The van der Waals surface area contributed by atoms with Gasteiger partial charge in [-0.2, -0.15) is 0 Å². The van der Waals surface area contributed by atoms with Crippen LogP contribution in [-0.4, -0.2) is 17.7 Å². The van der Waals surface area contributed by atoms with Crippen LogP contribution in [0.1, 0.15) is 18.9 Å². The Morgan fingerprint density at radius 2 is 1.62 bits per heavy atom. The summed E-state index contributed by atoms with van der Waals surface area (Å²) in [7, 11) is 0. The van der Waals surface area contributed by atoms with Crippen molar-refractivity contribution in [2.24, 2.45) is 0 Å². The number of carbonyl (C=O) groups is 3. The van der Waals surface area contributed by atoms with Crippen LogP contribution in [0.25, 0.3) is 0 Å². The quantitative estimate of drug-likeness (QED) is 0.438. The van der Waals surface area contributed by atoms with Crippen molar-refractivity contribution in [2.45, 2.75) is 19.8 Å². The minimum atomic E-state index is -0.672. The van der Waals surface area contributed by atoms with E-state index in [1.807, 2.05) is 0 Å². The number of ketones is 1. The lowest BCUT2D eigenvalue weighted by Crippen LogP contribution is -2.09. The molecule has 0 bridgehead atoms. The fourth-order valence-corrected chi connectivity index (χ4v) is 1.49. The molecule has 0 radical (unpaired) electrons. The van der Waals surface area contributed by atoms with Gasteiger partial charge in [-0.05, 0) is 31.0 Å². The van der Waals surface area contributed by atoms with E-state index in [0.717, 1.165) is 17.7 Å². The van der Waals surface area contributed by atoms with Crippen LogP contribution >= 0.6 is 0 Å². The molecule has 0 N–H and O–H groups in total. The van der Waals surface area contributed by atoms with Gasteiger partial charge in [-0.25, -0.2) is 9.59 Å². The van der Waals surface area contributed by atoms with Gasteiger partial charge in [-0.1, -0.05) is 19.2 Å². The van der Waals surface area contributed by atoms with Crippen molar-refractivity contribution in [3.8, 4) is 11.5 Å². The second-order valence-electron chi connectivity index (χ2n) is 4.23. The first kappa shape index (κ1) is 16.4. The zero-order chi connectivity index (χ0) is 15.8. The molecule has 0 amide bonds. The van der Waals surface area contributed by atoms with E-state index in [4.69, 9.17) is 9.47 Å². The van der Waals surface area contributed by atoms with Crippen molar-refractivity contribution >= 4 is 17.7 Å². The summed E-state index contributed by atoms with van der Waals surface area (Å²) in [5.41, 5.74) is 0.787. The van der Waals surface area contributed by atoms with Crippen molar-refractivity contribution in [1.29, 1.82) is 0 Å². The summed E-state index contributed by atoms with van der Waals surface area (Å²) in [4.78, 5) is 33.6. The van der Waals surface area contributed by atoms with Crippen LogP contribution in [0.2, 0.25) is 0 Å². The lowest BCUT2D eigenvalue weighted by atomic mass is 10.1. The monoisotopic (exact) mass is 288 g/mol. The zero-order valence-corrected chi connectivity index (χ0v) is 11.8. The van der Waals surface area contributed by atoms with E-state index in [9.17, 15) is 14.4 Å². The topological polar surface area (TPSA) is 69.7 Å². The van der Waals surface area contributed by atoms with Gasteiger partial charge in [0.15, 0.2) is 11.5 Å². The van der Waals surface area contributed by atoms with Gasteiger partial charge in [0.25, 0.3) is 0 Å². The molecule has 0 atom stereocenters. The van der Waals surface area contributed by atoms with Crippen LogP contribution in [0.15, 0.2) is 43.5 Å². The van der Waals surface area contributed by atoms with E-state index in [2.05, 4.69) is 13.2 Å². The smallest absolute Gasteiger partial charge is 0.335 e. The Kier molecular flexibility index (Phi) is 6.07. The van der Waals surface area contributed by atoms with Crippen molar-refractivity contribution in [3.05, 3.63) is 49.1 Å². The lowest BCUT2D eigenvalue weighted by Gasteiger charge is -2.10. The largest absolute Gasteiger partial charge is 0.419 e. The predicted octanol–water partition coefficient (Wildman–Crippen LogP) is 2.39. The van der Waals surface area contributed by atoms with Crippen molar-refractivity contribution < 1.29 is 23.9 Å². The standard InChI is InChI=1S/C16H16O5/c1-4-15(18)20-13-9-8-12(7-6-11(3)17)10-14(13)21-16(19)5-2/h4-5,8-10H,1-2,6-7H2,3H3. The average Bonchev–Trinajstić information content (AvgIpc) is 2.46. The van der Waals surface area contributed by atoms with Crippen LogP contribution < -0.4 is 9.47 Å². The van der Waals surface area contributed by atoms with Gasteiger partial charge in [0.05, 0.1) is 0 Å². The summed E-state index contributed by atoms with van der Waals surface area (Å²) in [6, 6.07) is 4.75. The summed E-state index contributed by atoms with van der Waals surface area (Å²) in [5.74, 6) is -1.09. The van der Waals surface area contributed by atoms with Crippen LogP contribution in [-0.2, 0) is 20.8 Å². The number of hydrogen-bond donors (Lipinski definition) is 0. The number of Topliss-reactive ketones (excluding diaryl/α,β-unsaturated/α-hetero) is 1. The van der Waals surface area contributed by atoms with E-state index in [1.165, 1.54) is 13.0 Å². The minimum Gasteiger partial charge on any atom is -0.419 e. The number of benzene rings is 1. The molecule has 0 heterocycles. The number of carbonyl (C=O) groups excluding carboxylic acids is 3. The Morgan fingerprint density at radius 1 is 1.05 bits per heavy atom. The fraction of sp³-hybridized carbons (Fsp3) is 0.188. The molecule has 0 fully saturated rings. The number of hydrogen-bond acceptors (Lipinski definition) is 5. The zero-order valence-electron chi connectivity index (χ0n) is 11.8. The first-order valence-corrected chi connectivity index (χ1v) is 6.27. The number of aryl methyl sites for hydroxylation is 1. The van der Waals surface area contributed by atoms with Gasteiger partial charge in [0.2, 0.25) is 0 Å². The molecule has 110 valence electrons. The molecule has 0 aliphatic rings. The maximum absolute atomic E-state index is 11.3. The number of ether oxygens (including phenoxy) is 2. The SMILES string of the molecule is C=CC(=O)Oc1ccc(CCC(C)=O)cc1OC(=O)C=C. The molecule has 0 saturated carbocycles. The summed E-state index contributed by atoms with van der Waals surface area (Å²) in [6.45, 7) is 8.10. The highest BCUT2D eigenvalue weighted by atomic mass is 16.6. The first-order valence-electron chi connectivity index (χ1n) is 6.27. The highest BCUT2D eigenvalue weighted by Crippen LogP contribution is 2.29. The molecular formula is C16H16O5. The maximum Gasteiger partial charge on any atom is 0.335 e. The second-order valence-corrected chi connectivity index (χ2v) is 4.23. The van der Waals surface area contributed by atoms with E-state index < -0.39 is 11.9 Å². The summed E-state index contributed by atoms with van der Waals surface area (Å²) < 4.78 is 10.0. The molecule has 1 aromatic carbocycles. The highest BCUT2D eigenvalue weighted by Gasteiger charge is 2.12. The normalized spacial score (nSPS) is 9.57. The molecule has 5 heteroatoms. The summed E-state index contributed by atoms with van der Waals surface area (Å²) in [5, 5.41) is 0. The minimum absolute atomic E-state index is 0.0572. The Morgan fingerprint density at radius 3 is 2.14 bits per heavy atom. The summed E-state index contributed by atoms with van der Waals surface area (Å²) >= 11 is 0. The molecule has 21 heavy (non-hydrogen) atoms. The Balaban J connectivity index is 3.03. The number of rotatable bonds is 7. The molecule has 1 rings (SSSR count). The molecule has 5 nitrogen and oxygen atoms in total. The maximum atomic E-state index is 11.3. The van der Waals surface area contributed by atoms with E-state index in [1.54, 1.807) is 12.1 Å². The van der Waals surface area contributed by atoms with Crippen molar-refractivity contribution in [1.82, 2.24) is 0 Å². The molecule has 0 unspecified atom stereocenters. The predicted molar refractivity (Wildman–Crippen MR) is 77.1 cm³/mol. The van der Waals surface area contributed by atoms with E-state index in [-0.39, 0.29) is 17.3 Å². The molecule has 0 aromatic heterocycles. The van der Waals surface area contributed by atoms with Gasteiger partial charge in [-0.15, -0.1) is 0 Å². The van der Waals surface area contributed by atoms with E-state index in [0.29, 0.717) is 12.8 Å².